The van der Waals surface area contributed by atoms with Crippen molar-refractivity contribution in [2.45, 2.75) is 20.4 Å². The first kappa shape index (κ1) is 10.2. The molecular formula is C12H16N2O. The summed E-state index contributed by atoms with van der Waals surface area (Å²) in [5.74, 6) is 0.728. The van der Waals surface area contributed by atoms with Gasteiger partial charge in [0.1, 0.15) is 5.52 Å². The first-order valence-electron chi connectivity index (χ1n) is 5.23. The summed E-state index contributed by atoms with van der Waals surface area (Å²) in [6.45, 7) is 6.02. The molecule has 3 nitrogen and oxygen atoms in total. The lowest BCUT2D eigenvalue weighted by Gasteiger charge is -2.13. The molecule has 2 aromatic rings. The lowest BCUT2D eigenvalue weighted by atomic mass is 10.2. The predicted molar refractivity (Wildman–Crippen MR) is 60.8 cm³/mol. The van der Waals surface area contributed by atoms with Gasteiger partial charge in [-0.15, -0.1) is 0 Å². The Morgan fingerprint density at radius 1 is 1.40 bits per heavy atom. The van der Waals surface area contributed by atoms with E-state index in [2.05, 4.69) is 36.0 Å². The second kappa shape index (κ2) is 4.03. The van der Waals surface area contributed by atoms with Crippen LogP contribution in [0.15, 0.2) is 22.6 Å². The standard InChI is InChI=1S/C12H16N2O/c1-4-14(3)8-10-5-6-11-12(7-10)15-9(2)13-11/h5-7H,4,8H2,1-3H3. The molecule has 0 aliphatic carbocycles. The maximum Gasteiger partial charge on any atom is 0.192 e. The van der Waals surface area contributed by atoms with Crippen molar-refractivity contribution in [1.29, 1.82) is 0 Å². The van der Waals surface area contributed by atoms with Gasteiger partial charge in [-0.3, -0.25) is 0 Å². The van der Waals surface area contributed by atoms with Gasteiger partial charge in [0, 0.05) is 13.5 Å². The Balaban J connectivity index is 2.30. The minimum atomic E-state index is 0.728. The maximum absolute atomic E-state index is 5.49. The second-order valence-corrected chi connectivity index (χ2v) is 3.87. The third-order valence-corrected chi connectivity index (χ3v) is 2.55. The Labute approximate surface area is 89.7 Å². The molecule has 0 fully saturated rings. The van der Waals surface area contributed by atoms with Gasteiger partial charge in [-0.25, -0.2) is 4.98 Å². The van der Waals surface area contributed by atoms with Crippen molar-refractivity contribution >= 4 is 11.1 Å². The highest BCUT2D eigenvalue weighted by atomic mass is 16.3. The van der Waals surface area contributed by atoms with Crippen LogP contribution in [0.1, 0.15) is 18.4 Å². The van der Waals surface area contributed by atoms with Crippen LogP contribution >= 0.6 is 0 Å². The lowest BCUT2D eigenvalue weighted by molar-refractivity contribution is 0.346. The Morgan fingerprint density at radius 2 is 2.20 bits per heavy atom. The van der Waals surface area contributed by atoms with Gasteiger partial charge in [0.2, 0.25) is 0 Å². The number of hydrogen-bond acceptors (Lipinski definition) is 3. The fraction of sp³-hybridized carbons (Fsp3) is 0.417. The molecule has 2 rings (SSSR count). The third kappa shape index (κ3) is 2.18. The van der Waals surface area contributed by atoms with Crippen LogP contribution in [0.25, 0.3) is 11.1 Å². The van der Waals surface area contributed by atoms with Crippen molar-refractivity contribution in [3.63, 3.8) is 0 Å². The van der Waals surface area contributed by atoms with E-state index >= 15 is 0 Å². The van der Waals surface area contributed by atoms with E-state index in [1.165, 1.54) is 5.56 Å². The van der Waals surface area contributed by atoms with Crippen LogP contribution in [0.4, 0.5) is 0 Å². The van der Waals surface area contributed by atoms with E-state index in [0.717, 1.165) is 30.1 Å². The highest BCUT2D eigenvalue weighted by Crippen LogP contribution is 2.17. The average molecular weight is 204 g/mol. The Kier molecular flexibility index (Phi) is 2.73. The summed E-state index contributed by atoms with van der Waals surface area (Å²) in [5, 5.41) is 0. The molecular weight excluding hydrogens is 188 g/mol. The van der Waals surface area contributed by atoms with Crippen molar-refractivity contribution in [2.75, 3.05) is 13.6 Å². The largest absolute Gasteiger partial charge is 0.441 e. The summed E-state index contributed by atoms with van der Waals surface area (Å²) < 4.78 is 5.49. The third-order valence-electron chi connectivity index (χ3n) is 2.55. The molecule has 0 radical (unpaired) electrons. The molecule has 0 aliphatic rings. The van der Waals surface area contributed by atoms with Gasteiger partial charge in [0.25, 0.3) is 0 Å². The summed E-state index contributed by atoms with van der Waals surface area (Å²) in [6.07, 6.45) is 0. The highest BCUT2D eigenvalue weighted by molar-refractivity contribution is 5.73. The number of nitrogens with zero attached hydrogens (tertiary/aromatic N) is 2. The van der Waals surface area contributed by atoms with Crippen LogP contribution in [0.2, 0.25) is 0 Å². The molecule has 0 N–H and O–H groups in total. The Morgan fingerprint density at radius 3 is 2.93 bits per heavy atom. The number of rotatable bonds is 3. The molecule has 1 aromatic heterocycles. The number of aryl methyl sites for hydroxylation is 1. The van der Waals surface area contributed by atoms with Crippen molar-refractivity contribution in [1.82, 2.24) is 9.88 Å². The SMILES string of the molecule is CCN(C)Cc1ccc2nc(C)oc2c1. The quantitative estimate of drug-likeness (QED) is 0.769. The smallest absolute Gasteiger partial charge is 0.192 e. The van der Waals surface area contributed by atoms with E-state index in [1.54, 1.807) is 0 Å². The molecule has 3 heteroatoms. The summed E-state index contributed by atoms with van der Waals surface area (Å²) in [7, 11) is 2.11. The number of benzene rings is 1. The topological polar surface area (TPSA) is 29.3 Å². The predicted octanol–water partition coefficient (Wildman–Crippen LogP) is 2.59. The summed E-state index contributed by atoms with van der Waals surface area (Å²) >= 11 is 0. The molecule has 1 heterocycles. The van der Waals surface area contributed by atoms with Crippen LogP contribution in [-0.2, 0) is 6.54 Å². The summed E-state index contributed by atoms with van der Waals surface area (Å²) in [4.78, 5) is 6.53. The zero-order valence-corrected chi connectivity index (χ0v) is 9.45. The summed E-state index contributed by atoms with van der Waals surface area (Å²) in [5.41, 5.74) is 3.09. The van der Waals surface area contributed by atoms with Crippen molar-refractivity contribution in [3.05, 3.63) is 29.7 Å². The lowest BCUT2D eigenvalue weighted by Crippen LogP contribution is -2.16. The first-order valence-corrected chi connectivity index (χ1v) is 5.23. The number of fused-ring (bicyclic) bond motifs is 1. The molecule has 80 valence electrons. The molecule has 0 bridgehead atoms. The Bertz CT molecular complexity index is 462. The Hall–Kier alpha value is -1.35. The fourth-order valence-corrected chi connectivity index (χ4v) is 1.61. The second-order valence-electron chi connectivity index (χ2n) is 3.87. The van der Waals surface area contributed by atoms with Crippen LogP contribution in [0, 0.1) is 6.92 Å². The van der Waals surface area contributed by atoms with Crippen LogP contribution in [0.3, 0.4) is 0 Å². The van der Waals surface area contributed by atoms with Crippen molar-refractivity contribution in [2.24, 2.45) is 0 Å². The minimum absolute atomic E-state index is 0.728. The molecule has 0 atom stereocenters. The minimum Gasteiger partial charge on any atom is -0.441 e. The molecule has 0 saturated heterocycles. The van der Waals surface area contributed by atoms with E-state index in [-0.39, 0.29) is 0 Å². The number of oxazole rings is 1. The average Bonchev–Trinajstić information content (AvgIpc) is 2.57. The maximum atomic E-state index is 5.49. The zero-order chi connectivity index (χ0) is 10.8. The van der Waals surface area contributed by atoms with E-state index in [1.807, 2.05) is 13.0 Å². The van der Waals surface area contributed by atoms with Gasteiger partial charge >= 0.3 is 0 Å². The monoisotopic (exact) mass is 204 g/mol. The molecule has 0 amide bonds. The van der Waals surface area contributed by atoms with Crippen molar-refractivity contribution < 1.29 is 4.42 Å². The molecule has 0 aliphatic heterocycles. The normalized spacial score (nSPS) is 11.5. The molecule has 15 heavy (non-hydrogen) atoms. The summed E-state index contributed by atoms with van der Waals surface area (Å²) in [6, 6.07) is 6.20. The zero-order valence-electron chi connectivity index (χ0n) is 9.45. The van der Waals surface area contributed by atoms with Gasteiger partial charge in [-0.1, -0.05) is 13.0 Å². The van der Waals surface area contributed by atoms with Gasteiger partial charge in [-0.05, 0) is 31.3 Å². The molecule has 0 saturated carbocycles. The van der Waals surface area contributed by atoms with Crippen molar-refractivity contribution in [3.8, 4) is 0 Å². The highest BCUT2D eigenvalue weighted by Gasteiger charge is 2.04. The van der Waals surface area contributed by atoms with E-state index in [0.29, 0.717) is 0 Å². The van der Waals surface area contributed by atoms with Gasteiger partial charge in [0.05, 0.1) is 0 Å². The van der Waals surface area contributed by atoms with E-state index < -0.39 is 0 Å². The van der Waals surface area contributed by atoms with Gasteiger partial charge in [-0.2, -0.15) is 0 Å². The molecule has 0 spiro atoms. The van der Waals surface area contributed by atoms with Gasteiger partial charge in [0.15, 0.2) is 11.5 Å². The molecule has 0 unspecified atom stereocenters. The number of hydrogen-bond donors (Lipinski definition) is 0. The molecule has 1 aromatic carbocycles. The van der Waals surface area contributed by atoms with E-state index in [4.69, 9.17) is 4.42 Å². The fourth-order valence-electron chi connectivity index (χ4n) is 1.61. The van der Waals surface area contributed by atoms with Crippen LogP contribution < -0.4 is 0 Å². The van der Waals surface area contributed by atoms with Crippen LogP contribution in [0.5, 0.6) is 0 Å². The van der Waals surface area contributed by atoms with Crippen LogP contribution in [-0.4, -0.2) is 23.5 Å². The van der Waals surface area contributed by atoms with Gasteiger partial charge < -0.3 is 9.32 Å². The van der Waals surface area contributed by atoms with E-state index in [9.17, 15) is 0 Å². The number of aromatic nitrogens is 1. The first-order chi connectivity index (χ1) is 7.19.